The van der Waals surface area contributed by atoms with Crippen LogP contribution in [0.3, 0.4) is 0 Å². The lowest BCUT2D eigenvalue weighted by atomic mass is 10.1. The lowest BCUT2D eigenvalue weighted by Crippen LogP contribution is -2.31. The van der Waals surface area contributed by atoms with E-state index in [9.17, 15) is 26.3 Å². The van der Waals surface area contributed by atoms with E-state index < -0.39 is 36.3 Å². The molecule has 0 heterocycles. The van der Waals surface area contributed by atoms with Crippen molar-refractivity contribution in [1.82, 2.24) is 0 Å². The lowest BCUT2D eigenvalue weighted by molar-refractivity contribution is -0.0666. The van der Waals surface area contributed by atoms with Crippen molar-refractivity contribution in [2.75, 3.05) is 6.67 Å². The third kappa shape index (κ3) is 3.46. The molecule has 0 radical (unpaired) electrons. The average Bonchev–Trinajstić information content (AvgIpc) is 2.01. The number of alkyl halides is 4. The van der Waals surface area contributed by atoms with E-state index in [0.717, 1.165) is 0 Å². The minimum absolute atomic E-state index is 1.47. The van der Waals surface area contributed by atoms with E-state index in [1.807, 2.05) is 0 Å². The Kier molecular flexibility index (Phi) is 4.60. The van der Waals surface area contributed by atoms with Crippen LogP contribution in [0.5, 0.6) is 0 Å². The van der Waals surface area contributed by atoms with Gasteiger partial charge in [-0.25, -0.2) is 13.2 Å². The first-order chi connectivity index (χ1) is 5.83. The summed E-state index contributed by atoms with van der Waals surface area (Å²) in [7, 11) is 0. The Morgan fingerprint density at radius 2 is 1.77 bits per heavy atom. The van der Waals surface area contributed by atoms with E-state index in [0.29, 0.717) is 0 Å². The van der Waals surface area contributed by atoms with Crippen molar-refractivity contribution in [3.63, 3.8) is 0 Å². The molecule has 0 aliphatic carbocycles. The summed E-state index contributed by atoms with van der Waals surface area (Å²) < 4.78 is 71.6. The number of allylic oxidation sites excluding steroid dienone is 1. The summed E-state index contributed by atoms with van der Waals surface area (Å²) in [5.41, 5.74) is 0. The molecule has 78 valence electrons. The van der Waals surface area contributed by atoms with Crippen LogP contribution in [0.2, 0.25) is 0 Å². The van der Waals surface area contributed by atoms with Gasteiger partial charge in [0.15, 0.2) is 0 Å². The average molecular weight is 227 g/mol. The van der Waals surface area contributed by atoms with E-state index in [1.165, 1.54) is 0 Å². The minimum atomic E-state index is -4.20. The monoisotopic (exact) mass is 226 g/mol. The summed E-state index contributed by atoms with van der Waals surface area (Å²) in [6.07, 6.45) is -7.56. The number of hydrogen-bond donors (Lipinski definition) is 0. The molecule has 0 aliphatic rings. The summed E-state index contributed by atoms with van der Waals surface area (Å²) in [6, 6.07) is 0. The van der Waals surface area contributed by atoms with Crippen LogP contribution in [0.4, 0.5) is 26.3 Å². The van der Waals surface area contributed by atoms with Gasteiger partial charge in [0.1, 0.15) is 5.03 Å². The molecular formula is C6H5ClF6. The quantitative estimate of drug-likeness (QED) is 0.642. The molecule has 0 saturated heterocycles. The molecule has 13 heavy (non-hydrogen) atoms. The summed E-state index contributed by atoms with van der Waals surface area (Å²) in [6.45, 7) is -1.51. The fourth-order valence-electron chi connectivity index (χ4n) is 0.534. The van der Waals surface area contributed by atoms with Crippen molar-refractivity contribution < 1.29 is 26.3 Å². The summed E-state index contributed by atoms with van der Waals surface area (Å²) >= 11 is 4.54. The summed E-state index contributed by atoms with van der Waals surface area (Å²) in [5.74, 6) is -4.20. The Morgan fingerprint density at radius 1 is 1.31 bits per heavy atom. The highest BCUT2D eigenvalue weighted by atomic mass is 35.5. The van der Waals surface area contributed by atoms with E-state index >= 15 is 0 Å². The van der Waals surface area contributed by atoms with Crippen LogP contribution in [0.15, 0.2) is 11.1 Å². The first-order valence-electron chi connectivity index (χ1n) is 3.11. The lowest BCUT2D eigenvalue weighted by Gasteiger charge is -2.17. The fourth-order valence-corrected chi connectivity index (χ4v) is 0.694. The zero-order valence-electron chi connectivity index (χ0n) is 6.14. The van der Waals surface area contributed by atoms with E-state index in [1.54, 1.807) is 0 Å². The van der Waals surface area contributed by atoms with Crippen molar-refractivity contribution >= 4 is 11.6 Å². The second kappa shape index (κ2) is 4.74. The van der Waals surface area contributed by atoms with Gasteiger partial charge >= 0.3 is 0 Å². The van der Waals surface area contributed by atoms with Crippen LogP contribution in [0.25, 0.3) is 0 Å². The highest BCUT2D eigenvalue weighted by Gasteiger charge is 2.43. The molecule has 0 aromatic heterocycles. The highest BCUT2D eigenvalue weighted by molar-refractivity contribution is 6.30. The second-order valence-corrected chi connectivity index (χ2v) is 2.58. The zero-order valence-corrected chi connectivity index (χ0v) is 6.89. The molecule has 0 saturated carbocycles. The maximum Gasteiger partial charge on any atom is 0.287 e. The van der Waals surface area contributed by atoms with Gasteiger partial charge in [0.05, 0.1) is 6.67 Å². The number of halogens is 7. The fraction of sp³-hybridized carbons (Fsp3) is 0.667. The molecule has 0 N–H and O–H groups in total. The maximum atomic E-state index is 12.4. The third-order valence-corrected chi connectivity index (χ3v) is 1.54. The second-order valence-electron chi connectivity index (χ2n) is 2.17. The predicted octanol–water partition coefficient (Wildman–Crippen LogP) is 3.67. The molecule has 0 spiro atoms. The molecule has 0 aromatic carbocycles. The third-order valence-electron chi connectivity index (χ3n) is 1.20. The Bertz CT molecular complexity index is 197. The van der Waals surface area contributed by atoms with Crippen LogP contribution < -0.4 is 0 Å². The minimum Gasteiger partial charge on any atom is -0.251 e. The molecule has 7 heteroatoms. The van der Waals surface area contributed by atoms with Gasteiger partial charge in [-0.05, 0) is 0 Å². The van der Waals surface area contributed by atoms with Crippen molar-refractivity contribution in [2.45, 2.75) is 18.5 Å². The van der Waals surface area contributed by atoms with Crippen LogP contribution in [-0.2, 0) is 0 Å². The van der Waals surface area contributed by atoms with Gasteiger partial charge in [-0.3, -0.25) is 4.39 Å². The van der Waals surface area contributed by atoms with Gasteiger partial charge in [0.25, 0.3) is 12.0 Å². The van der Waals surface area contributed by atoms with Crippen molar-refractivity contribution in [1.29, 1.82) is 0 Å². The highest BCUT2D eigenvalue weighted by Crippen LogP contribution is 2.34. The van der Waals surface area contributed by atoms with Crippen molar-refractivity contribution in [3.05, 3.63) is 11.1 Å². The largest absolute Gasteiger partial charge is 0.287 e. The maximum absolute atomic E-state index is 12.4. The molecule has 1 unspecified atom stereocenters. The SMILES string of the molecule is FCCC(F)(F)C(F)C(Cl)=C(F)F. The molecule has 0 bridgehead atoms. The standard InChI is InChI=1S/C6H5ClF6/c7-3(5(10)11)4(9)6(12,13)1-2-8/h4H,1-2H2. The Balaban J connectivity index is 4.58. The first kappa shape index (κ1) is 12.6. The normalized spacial score (nSPS) is 14.1. The zero-order chi connectivity index (χ0) is 10.6. The van der Waals surface area contributed by atoms with Crippen molar-refractivity contribution in [2.24, 2.45) is 0 Å². The predicted molar refractivity (Wildman–Crippen MR) is 35.5 cm³/mol. The molecule has 0 nitrogen and oxygen atoms in total. The topological polar surface area (TPSA) is 0 Å². The van der Waals surface area contributed by atoms with Crippen LogP contribution in [0.1, 0.15) is 6.42 Å². The Morgan fingerprint density at radius 3 is 2.08 bits per heavy atom. The Labute approximate surface area is 75.2 Å². The molecule has 0 amide bonds. The number of hydrogen-bond acceptors (Lipinski definition) is 0. The molecule has 0 aromatic rings. The summed E-state index contributed by atoms with van der Waals surface area (Å²) in [5, 5.41) is -1.88. The van der Waals surface area contributed by atoms with E-state index in [2.05, 4.69) is 11.6 Å². The molecule has 0 rings (SSSR count). The van der Waals surface area contributed by atoms with Gasteiger partial charge in [-0.2, -0.15) is 8.78 Å². The van der Waals surface area contributed by atoms with Gasteiger partial charge in [-0.15, -0.1) is 0 Å². The van der Waals surface area contributed by atoms with Gasteiger partial charge in [0.2, 0.25) is 6.17 Å². The Hall–Kier alpha value is -0.390. The summed E-state index contributed by atoms with van der Waals surface area (Å²) in [4.78, 5) is 0. The van der Waals surface area contributed by atoms with E-state index in [-0.39, 0.29) is 0 Å². The van der Waals surface area contributed by atoms with E-state index in [4.69, 9.17) is 0 Å². The molecule has 0 fully saturated rings. The van der Waals surface area contributed by atoms with Gasteiger partial charge in [0, 0.05) is 6.42 Å². The van der Waals surface area contributed by atoms with Crippen LogP contribution in [-0.4, -0.2) is 18.8 Å². The van der Waals surface area contributed by atoms with Crippen molar-refractivity contribution in [3.8, 4) is 0 Å². The van der Waals surface area contributed by atoms with Gasteiger partial charge < -0.3 is 0 Å². The van der Waals surface area contributed by atoms with Crippen LogP contribution >= 0.6 is 11.6 Å². The first-order valence-corrected chi connectivity index (χ1v) is 3.49. The van der Waals surface area contributed by atoms with Gasteiger partial charge in [-0.1, -0.05) is 11.6 Å². The van der Waals surface area contributed by atoms with Crippen LogP contribution in [0, 0.1) is 0 Å². The smallest absolute Gasteiger partial charge is 0.251 e. The molecule has 0 aliphatic heterocycles. The molecular weight excluding hydrogens is 222 g/mol. The number of rotatable bonds is 4. The molecule has 1 atom stereocenters.